The second kappa shape index (κ2) is 8.99. The number of hydrazine groups is 1. The minimum absolute atomic E-state index is 0.00965. The van der Waals surface area contributed by atoms with Gasteiger partial charge in [-0.05, 0) is 24.5 Å². The number of nitrogens with one attached hydrogen (secondary N) is 1. The van der Waals surface area contributed by atoms with Gasteiger partial charge in [0.2, 0.25) is 5.72 Å². The average Bonchev–Trinajstić information content (AvgIpc) is 3.13. The molecule has 32 heavy (non-hydrogen) atoms. The van der Waals surface area contributed by atoms with Crippen molar-refractivity contribution in [3.8, 4) is 0 Å². The number of hydrogen-bond donors (Lipinski definition) is 2. The molecule has 0 fully saturated rings. The SMILES string of the molecule is CCCCCc1ccc(C2(O)C=C(C(F)(F)F)NN2C(=O)c2ccccc2[N+](=O)[O-])cc1. The summed E-state index contributed by atoms with van der Waals surface area (Å²) in [7, 11) is 0. The molecule has 2 aromatic carbocycles. The molecule has 0 bridgehead atoms. The first-order valence-electron chi connectivity index (χ1n) is 10.0. The number of halogens is 3. The Morgan fingerprint density at radius 2 is 1.81 bits per heavy atom. The fourth-order valence-corrected chi connectivity index (χ4v) is 3.50. The Labute approximate surface area is 182 Å². The molecule has 2 N–H and O–H groups in total. The quantitative estimate of drug-likeness (QED) is 0.367. The van der Waals surface area contributed by atoms with Gasteiger partial charge in [0.05, 0.1) is 4.92 Å². The van der Waals surface area contributed by atoms with Gasteiger partial charge in [0.25, 0.3) is 11.6 Å². The summed E-state index contributed by atoms with van der Waals surface area (Å²) in [6.45, 7) is 2.07. The van der Waals surface area contributed by atoms with Gasteiger partial charge in [0, 0.05) is 17.7 Å². The maximum absolute atomic E-state index is 13.4. The molecule has 10 heteroatoms. The summed E-state index contributed by atoms with van der Waals surface area (Å²) in [5, 5.41) is 22.9. The van der Waals surface area contributed by atoms with Crippen molar-refractivity contribution in [2.45, 2.75) is 44.5 Å². The Hall–Kier alpha value is -3.40. The van der Waals surface area contributed by atoms with Crippen LogP contribution in [0.5, 0.6) is 0 Å². The van der Waals surface area contributed by atoms with E-state index < -0.39 is 39.7 Å². The van der Waals surface area contributed by atoms with Crippen LogP contribution in [-0.2, 0) is 12.1 Å². The second-order valence-corrected chi connectivity index (χ2v) is 7.46. The van der Waals surface area contributed by atoms with Crippen molar-refractivity contribution in [2.75, 3.05) is 0 Å². The molecule has 0 spiro atoms. The molecular formula is C22H22F3N3O4. The number of allylic oxidation sites excluding steroid dienone is 1. The van der Waals surface area contributed by atoms with Gasteiger partial charge in [-0.2, -0.15) is 13.2 Å². The summed E-state index contributed by atoms with van der Waals surface area (Å²) >= 11 is 0. The highest BCUT2D eigenvalue weighted by molar-refractivity contribution is 5.98. The lowest BCUT2D eigenvalue weighted by molar-refractivity contribution is -0.385. The zero-order valence-electron chi connectivity index (χ0n) is 17.2. The van der Waals surface area contributed by atoms with Gasteiger partial charge >= 0.3 is 6.18 Å². The summed E-state index contributed by atoms with van der Waals surface area (Å²) in [4.78, 5) is 23.6. The standard InChI is InChI=1S/C22H22F3N3O4/c1-2-3-4-7-15-10-12-16(13-11-15)21(30)14-19(22(23,24)25)26-27(21)20(29)17-8-5-6-9-18(17)28(31)32/h5-6,8-14,26,30H,2-4,7H2,1H3. The molecule has 0 radical (unpaired) electrons. The summed E-state index contributed by atoms with van der Waals surface area (Å²) < 4.78 is 40.2. The highest BCUT2D eigenvalue weighted by atomic mass is 19.4. The van der Waals surface area contributed by atoms with Crippen molar-refractivity contribution in [3.63, 3.8) is 0 Å². The number of nitrogens with zero attached hydrogens (tertiary/aromatic N) is 2. The number of nitro groups is 1. The first-order chi connectivity index (χ1) is 15.1. The zero-order valence-corrected chi connectivity index (χ0v) is 17.2. The van der Waals surface area contributed by atoms with Crippen molar-refractivity contribution >= 4 is 11.6 Å². The number of rotatable bonds is 7. The first kappa shape index (κ1) is 23.3. The van der Waals surface area contributed by atoms with Crippen molar-refractivity contribution in [3.05, 3.63) is 87.1 Å². The van der Waals surface area contributed by atoms with Gasteiger partial charge in [0.1, 0.15) is 11.3 Å². The highest BCUT2D eigenvalue weighted by Crippen LogP contribution is 2.39. The molecule has 1 atom stereocenters. The van der Waals surface area contributed by atoms with Crippen LogP contribution in [0.4, 0.5) is 18.9 Å². The van der Waals surface area contributed by atoms with E-state index in [1.807, 2.05) is 5.43 Å². The van der Waals surface area contributed by atoms with Crippen LogP contribution in [0, 0.1) is 10.1 Å². The number of carbonyl (C=O) groups is 1. The number of benzene rings is 2. The lowest BCUT2D eigenvalue weighted by Crippen LogP contribution is -2.51. The number of carbonyl (C=O) groups excluding carboxylic acids is 1. The van der Waals surface area contributed by atoms with E-state index in [0.29, 0.717) is 11.1 Å². The zero-order chi connectivity index (χ0) is 23.5. The van der Waals surface area contributed by atoms with Crippen LogP contribution in [0.3, 0.4) is 0 Å². The fourth-order valence-electron chi connectivity index (χ4n) is 3.50. The number of hydrogen-bond acceptors (Lipinski definition) is 5. The van der Waals surface area contributed by atoms with E-state index in [9.17, 15) is 33.2 Å². The molecule has 7 nitrogen and oxygen atoms in total. The third kappa shape index (κ3) is 4.59. The lowest BCUT2D eigenvalue weighted by atomic mass is 9.98. The van der Waals surface area contributed by atoms with Gasteiger partial charge in [0.15, 0.2) is 0 Å². The molecule has 0 saturated heterocycles. The summed E-state index contributed by atoms with van der Waals surface area (Å²) in [6, 6.07) is 11.1. The topological polar surface area (TPSA) is 95.7 Å². The Morgan fingerprint density at radius 1 is 1.16 bits per heavy atom. The predicted octanol–water partition coefficient (Wildman–Crippen LogP) is 4.58. The Bertz CT molecular complexity index is 1040. The maximum Gasteiger partial charge on any atom is 0.432 e. The van der Waals surface area contributed by atoms with Crippen LogP contribution in [0.15, 0.2) is 60.3 Å². The molecule has 1 amide bonds. The van der Waals surface area contributed by atoms with Crippen molar-refractivity contribution in [2.24, 2.45) is 0 Å². The van der Waals surface area contributed by atoms with Gasteiger partial charge in [-0.1, -0.05) is 56.2 Å². The number of unbranched alkanes of at least 4 members (excludes halogenated alkanes) is 2. The van der Waals surface area contributed by atoms with Gasteiger partial charge in [-0.25, -0.2) is 5.01 Å². The van der Waals surface area contributed by atoms with Crippen LogP contribution in [0.25, 0.3) is 0 Å². The Balaban J connectivity index is 2.01. The predicted molar refractivity (Wildman–Crippen MR) is 110 cm³/mol. The van der Waals surface area contributed by atoms with E-state index in [0.717, 1.165) is 43.4 Å². The fraction of sp³-hybridized carbons (Fsp3) is 0.318. The first-order valence-corrected chi connectivity index (χ1v) is 10.0. The van der Waals surface area contributed by atoms with Crippen molar-refractivity contribution in [1.82, 2.24) is 10.4 Å². The van der Waals surface area contributed by atoms with Crippen LogP contribution in [-0.4, -0.2) is 27.1 Å². The molecule has 1 heterocycles. The third-order valence-corrected chi connectivity index (χ3v) is 5.21. The number of amides is 1. The molecule has 0 aliphatic carbocycles. The van der Waals surface area contributed by atoms with Gasteiger partial charge in [-0.3, -0.25) is 20.3 Å². The lowest BCUT2D eigenvalue weighted by Gasteiger charge is -2.33. The molecule has 3 rings (SSSR count). The van der Waals surface area contributed by atoms with Crippen LogP contribution in [0.1, 0.15) is 47.7 Å². The number of alkyl halides is 3. The van der Waals surface area contributed by atoms with E-state index >= 15 is 0 Å². The van der Waals surface area contributed by atoms with E-state index in [4.69, 9.17) is 0 Å². The number of aliphatic hydroxyl groups is 1. The molecule has 1 aliphatic rings. The normalized spacial score (nSPS) is 18.3. The average molecular weight is 449 g/mol. The molecule has 2 aromatic rings. The van der Waals surface area contributed by atoms with Gasteiger partial charge in [-0.15, -0.1) is 0 Å². The largest absolute Gasteiger partial charge is 0.432 e. The Kier molecular flexibility index (Phi) is 6.54. The molecule has 0 aromatic heterocycles. The molecular weight excluding hydrogens is 427 g/mol. The molecule has 0 saturated carbocycles. The minimum Gasteiger partial charge on any atom is -0.362 e. The van der Waals surface area contributed by atoms with E-state index in [-0.39, 0.29) is 5.56 Å². The van der Waals surface area contributed by atoms with E-state index in [1.54, 1.807) is 12.1 Å². The second-order valence-electron chi connectivity index (χ2n) is 7.46. The van der Waals surface area contributed by atoms with E-state index in [2.05, 4.69) is 6.92 Å². The van der Waals surface area contributed by atoms with Crippen molar-refractivity contribution in [1.29, 1.82) is 0 Å². The summed E-state index contributed by atoms with van der Waals surface area (Å²) in [6.07, 6.45) is -0.602. The molecule has 170 valence electrons. The maximum atomic E-state index is 13.4. The monoisotopic (exact) mass is 449 g/mol. The number of aryl methyl sites for hydroxylation is 1. The van der Waals surface area contributed by atoms with Crippen molar-refractivity contribution < 1.29 is 28.0 Å². The van der Waals surface area contributed by atoms with E-state index in [1.165, 1.54) is 24.3 Å². The minimum atomic E-state index is -4.88. The third-order valence-electron chi connectivity index (χ3n) is 5.21. The Morgan fingerprint density at radius 3 is 2.41 bits per heavy atom. The highest BCUT2D eigenvalue weighted by Gasteiger charge is 2.51. The smallest absolute Gasteiger partial charge is 0.362 e. The van der Waals surface area contributed by atoms with Gasteiger partial charge < -0.3 is 5.11 Å². The summed E-state index contributed by atoms with van der Waals surface area (Å²) in [5.74, 6) is -1.18. The van der Waals surface area contributed by atoms with Crippen LogP contribution < -0.4 is 5.43 Å². The molecule has 1 unspecified atom stereocenters. The van der Waals surface area contributed by atoms with Crippen LogP contribution in [0.2, 0.25) is 0 Å². The summed E-state index contributed by atoms with van der Waals surface area (Å²) in [5.41, 5.74) is -2.07. The van der Waals surface area contributed by atoms with Crippen LogP contribution >= 0.6 is 0 Å². The number of nitro benzene ring substituents is 1. The number of para-hydroxylation sites is 1. The molecule has 1 aliphatic heterocycles.